The van der Waals surface area contributed by atoms with Crippen LogP contribution in [0, 0.1) is 0 Å². The number of nitrogens with one attached hydrogen (secondary N) is 2. The fourth-order valence-corrected chi connectivity index (χ4v) is 3.72. The van der Waals surface area contributed by atoms with Crippen molar-refractivity contribution in [2.75, 3.05) is 29.3 Å². The van der Waals surface area contributed by atoms with E-state index in [1.54, 1.807) is 31.5 Å². The van der Waals surface area contributed by atoms with Crippen molar-refractivity contribution in [3.63, 3.8) is 0 Å². The summed E-state index contributed by atoms with van der Waals surface area (Å²) in [6, 6.07) is 13.2. The summed E-state index contributed by atoms with van der Waals surface area (Å²) >= 11 is 18.4. The Morgan fingerprint density at radius 2 is 1.81 bits per heavy atom. The Morgan fingerprint density at radius 3 is 2.45 bits per heavy atom. The molecular weight excluding hydrogens is 461 g/mol. The zero-order valence-electron chi connectivity index (χ0n) is 16.8. The molecule has 1 heterocycles. The van der Waals surface area contributed by atoms with E-state index in [0.29, 0.717) is 29.1 Å². The van der Waals surface area contributed by atoms with E-state index in [4.69, 9.17) is 39.5 Å². The highest BCUT2D eigenvalue weighted by molar-refractivity contribution is 6.42. The molecule has 2 amide bonds. The highest BCUT2D eigenvalue weighted by Gasteiger charge is 2.22. The van der Waals surface area contributed by atoms with Crippen LogP contribution in [0.5, 0.6) is 0 Å². The average molecular weight is 481 g/mol. The molecule has 0 saturated heterocycles. The predicted octanol–water partition coefficient (Wildman–Crippen LogP) is 6.25. The lowest BCUT2D eigenvalue weighted by atomic mass is 10.3. The van der Waals surface area contributed by atoms with Crippen molar-refractivity contribution in [1.82, 2.24) is 9.97 Å². The molecule has 0 aliphatic rings. The fraction of sp³-hybridized carbons (Fsp3) is 0.190. The number of rotatable bonds is 7. The molecule has 10 heteroatoms. The number of para-hydroxylation sites is 1. The maximum Gasteiger partial charge on any atom is 0.332 e. The van der Waals surface area contributed by atoms with Crippen molar-refractivity contribution in [3.8, 4) is 0 Å². The third kappa shape index (κ3) is 5.98. The highest BCUT2D eigenvalue weighted by atomic mass is 35.5. The number of carbonyl (C=O) groups is 1. The molecule has 7 nitrogen and oxygen atoms in total. The molecule has 0 radical (unpaired) electrons. The molecular formula is C21H20Cl3N5O2. The number of nitrogens with zero attached hydrogens (tertiary/aromatic N) is 3. The third-order valence-corrected chi connectivity index (χ3v) is 4.93. The molecule has 1 aromatic heterocycles. The minimum atomic E-state index is -0.507. The SMILES string of the molecule is COCC(C)Nc1nccc(N(C(=O)Nc2c(Cl)cc(Cl)cc2Cl)c2ccccc2)n1. The standard InChI is InChI=1S/C21H20Cl3N5O2/c1-13(12-31-2)26-20-25-9-8-18(27-20)29(15-6-4-3-5-7-15)21(30)28-19-16(23)10-14(22)11-17(19)24/h3-11,13H,12H2,1-2H3,(H,28,30)(H,25,26,27). The maximum atomic E-state index is 13.3. The second-order valence-electron chi connectivity index (χ2n) is 6.58. The number of carbonyl (C=O) groups excluding carboxylic acids is 1. The lowest BCUT2D eigenvalue weighted by Gasteiger charge is -2.23. The highest BCUT2D eigenvalue weighted by Crippen LogP contribution is 2.35. The van der Waals surface area contributed by atoms with E-state index >= 15 is 0 Å². The number of benzene rings is 2. The quantitative estimate of drug-likeness (QED) is 0.417. The normalized spacial score (nSPS) is 11.6. The van der Waals surface area contributed by atoms with Crippen LogP contribution in [0.1, 0.15) is 6.92 Å². The molecule has 2 N–H and O–H groups in total. The maximum absolute atomic E-state index is 13.3. The van der Waals surface area contributed by atoms with Gasteiger partial charge in [0.25, 0.3) is 0 Å². The fourth-order valence-electron chi connectivity index (χ4n) is 2.81. The van der Waals surface area contributed by atoms with E-state index < -0.39 is 6.03 Å². The molecule has 0 bridgehead atoms. The lowest BCUT2D eigenvalue weighted by Crippen LogP contribution is -2.32. The number of ether oxygens (including phenoxy) is 1. The van der Waals surface area contributed by atoms with Crippen LogP contribution in [0.3, 0.4) is 0 Å². The number of amides is 2. The molecule has 0 saturated carbocycles. The van der Waals surface area contributed by atoms with Gasteiger partial charge in [0.1, 0.15) is 5.82 Å². The summed E-state index contributed by atoms with van der Waals surface area (Å²) in [7, 11) is 1.62. The van der Waals surface area contributed by atoms with Gasteiger partial charge in [0.05, 0.1) is 28.0 Å². The minimum absolute atomic E-state index is 0.0223. The average Bonchev–Trinajstić information content (AvgIpc) is 2.72. The van der Waals surface area contributed by atoms with Gasteiger partial charge in [-0.1, -0.05) is 53.0 Å². The zero-order valence-corrected chi connectivity index (χ0v) is 19.0. The molecule has 162 valence electrons. The van der Waals surface area contributed by atoms with Crippen LogP contribution >= 0.6 is 34.8 Å². The molecule has 2 aromatic carbocycles. The molecule has 31 heavy (non-hydrogen) atoms. The Morgan fingerprint density at radius 1 is 1.13 bits per heavy atom. The van der Waals surface area contributed by atoms with Crippen LogP contribution in [-0.4, -0.2) is 35.8 Å². The van der Waals surface area contributed by atoms with E-state index in [1.165, 1.54) is 17.0 Å². The van der Waals surface area contributed by atoms with Gasteiger partial charge in [-0.25, -0.2) is 14.7 Å². The van der Waals surface area contributed by atoms with E-state index in [2.05, 4.69) is 20.6 Å². The number of halogens is 3. The van der Waals surface area contributed by atoms with Crippen LogP contribution < -0.4 is 15.5 Å². The second-order valence-corrected chi connectivity index (χ2v) is 7.84. The molecule has 0 fully saturated rings. The number of methoxy groups -OCH3 is 1. The van der Waals surface area contributed by atoms with Crippen LogP contribution in [0.25, 0.3) is 0 Å². The number of anilines is 4. The first-order valence-corrected chi connectivity index (χ1v) is 10.4. The smallest absolute Gasteiger partial charge is 0.332 e. The number of hydrogen-bond donors (Lipinski definition) is 2. The molecule has 1 atom stereocenters. The Hall–Kier alpha value is -2.58. The number of aromatic nitrogens is 2. The van der Waals surface area contributed by atoms with Gasteiger partial charge in [-0.3, -0.25) is 0 Å². The van der Waals surface area contributed by atoms with E-state index in [0.717, 1.165) is 0 Å². The summed E-state index contributed by atoms with van der Waals surface area (Å²) < 4.78 is 5.13. The second kappa shape index (κ2) is 10.6. The molecule has 3 aromatic rings. The molecule has 0 aliphatic carbocycles. The van der Waals surface area contributed by atoms with Crippen molar-refractivity contribution in [3.05, 3.63) is 69.8 Å². The van der Waals surface area contributed by atoms with E-state index in [9.17, 15) is 4.79 Å². The summed E-state index contributed by atoms with van der Waals surface area (Å²) in [5, 5.41) is 6.69. The summed E-state index contributed by atoms with van der Waals surface area (Å²) in [6.45, 7) is 2.41. The Bertz CT molecular complexity index is 1030. The topological polar surface area (TPSA) is 79.4 Å². The van der Waals surface area contributed by atoms with Crippen LogP contribution in [-0.2, 0) is 4.74 Å². The van der Waals surface area contributed by atoms with Gasteiger partial charge in [-0.15, -0.1) is 0 Å². The third-order valence-electron chi connectivity index (χ3n) is 4.12. The first-order chi connectivity index (χ1) is 14.9. The van der Waals surface area contributed by atoms with E-state index in [-0.39, 0.29) is 21.8 Å². The first kappa shape index (κ1) is 23.1. The lowest BCUT2D eigenvalue weighted by molar-refractivity contribution is 0.190. The van der Waals surface area contributed by atoms with Gasteiger partial charge in [-0.05, 0) is 31.2 Å². The van der Waals surface area contributed by atoms with Gasteiger partial charge in [0, 0.05) is 30.4 Å². The van der Waals surface area contributed by atoms with Crippen molar-refractivity contribution >= 4 is 64.0 Å². The monoisotopic (exact) mass is 479 g/mol. The Labute approximate surface area is 195 Å². The van der Waals surface area contributed by atoms with Crippen molar-refractivity contribution in [2.45, 2.75) is 13.0 Å². The van der Waals surface area contributed by atoms with E-state index in [1.807, 2.05) is 25.1 Å². The molecule has 1 unspecified atom stereocenters. The van der Waals surface area contributed by atoms with Crippen LogP contribution in [0.2, 0.25) is 15.1 Å². The molecule has 0 spiro atoms. The Balaban J connectivity index is 1.96. The Kier molecular flexibility index (Phi) is 7.92. The zero-order chi connectivity index (χ0) is 22.4. The van der Waals surface area contributed by atoms with Crippen molar-refractivity contribution in [1.29, 1.82) is 0 Å². The molecule has 3 rings (SSSR count). The summed E-state index contributed by atoms with van der Waals surface area (Å²) in [5.41, 5.74) is 0.843. The van der Waals surface area contributed by atoms with Crippen LogP contribution in [0.15, 0.2) is 54.7 Å². The number of urea groups is 1. The van der Waals surface area contributed by atoms with Crippen molar-refractivity contribution < 1.29 is 9.53 Å². The van der Waals surface area contributed by atoms with Gasteiger partial charge < -0.3 is 15.4 Å². The number of hydrogen-bond acceptors (Lipinski definition) is 5. The summed E-state index contributed by atoms with van der Waals surface area (Å²) in [4.78, 5) is 23.4. The van der Waals surface area contributed by atoms with Crippen molar-refractivity contribution in [2.24, 2.45) is 0 Å². The summed E-state index contributed by atoms with van der Waals surface area (Å²) in [5.74, 6) is 0.713. The van der Waals surface area contributed by atoms with Gasteiger partial charge in [0.2, 0.25) is 5.95 Å². The minimum Gasteiger partial charge on any atom is -0.383 e. The predicted molar refractivity (Wildman–Crippen MR) is 126 cm³/mol. The molecule has 0 aliphatic heterocycles. The van der Waals surface area contributed by atoms with Gasteiger partial charge in [-0.2, -0.15) is 4.98 Å². The summed E-state index contributed by atoms with van der Waals surface area (Å²) in [6.07, 6.45) is 1.57. The largest absolute Gasteiger partial charge is 0.383 e. The van der Waals surface area contributed by atoms with Crippen LogP contribution in [0.4, 0.5) is 27.9 Å². The van der Waals surface area contributed by atoms with Gasteiger partial charge >= 0.3 is 6.03 Å². The first-order valence-electron chi connectivity index (χ1n) is 9.28. The van der Waals surface area contributed by atoms with Gasteiger partial charge in [0.15, 0.2) is 0 Å².